The van der Waals surface area contributed by atoms with Gasteiger partial charge in [-0.1, -0.05) is 121 Å². The molecule has 0 aliphatic rings. The van der Waals surface area contributed by atoms with Gasteiger partial charge in [0.15, 0.2) is 0 Å². The molecule has 0 aromatic heterocycles. The van der Waals surface area contributed by atoms with Gasteiger partial charge in [0.2, 0.25) is 0 Å². The summed E-state index contributed by atoms with van der Waals surface area (Å²) in [6.45, 7) is 0. The van der Waals surface area contributed by atoms with Crippen molar-refractivity contribution < 1.29 is 19.5 Å². The molecular weight excluding hydrogens is 544 g/mol. The summed E-state index contributed by atoms with van der Waals surface area (Å²) >= 11 is 22.4. The van der Waals surface area contributed by atoms with Gasteiger partial charge in [-0.2, -0.15) is 0 Å². The molecule has 152 valence electrons. The Morgan fingerprint density at radius 3 is 0.710 bits per heavy atom. The van der Waals surface area contributed by atoms with Gasteiger partial charge in [-0.3, -0.25) is 0 Å². The third-order valence-electron chi connectivity index (χ3n) is 4.38. The second-order valence-electron chi connectivity index (χ2n) is 6.45. The van der Waals surface area contributed by atoms with Gasteiger partial charge in [-0.15, -0.1) is 34.1 Å². The summed E-state index contributed by atoms with van der Waals surface area (Å²) in [5.41, 5.74) is 0. The first-order valence-electron chi connectivity index (χ1n) is 9.27. The van der Waals surface area contributed by atoms with E-state index in [1.165, 1.54) is 0 Å². The first-order chi connectivity index (χ1) is 14.4. The van der Waals surface area contributed by atoms with Crippen molar-refractivity contribution in [2.45, 2.75) is 0 Å². The van der Waals surface area contributed by atoms with E-state index in [9.17, 15) is 0 Å². The van der Waals surface area contributed by atoms with Gasteiger partial charge >= 0.3 is 19.5 Å². The Hall–Kier alpha value is -0.497. The Kier molecular flexibility index (Phi) is 10.9. The van der Waals surface area contributed by atoms with Crippen LogP contribution in [0.1, 0.15) is 0 Å². The van der Waals surface area contributed by atoms with E-state index in [0.29, 0.717) is 0 Å². The number of rotatable bonds is 4. The minimum Gasteiger partial charge on any atom is -0.738 e. The van der Waals surface area contributed by atoms with Crippen LogP contribution >= 0.6 is 10.5 Å². The molecule has 0 fully saturated rings. The van der Waals surface area contributed by atoms with E-state index < -0.39 is 10.5 Å². The van der Waals surface area contributed by atoms with Crippen molar-refractivity contribution in [1.82, 2.24) is 0 Å². The molecule has 4 aromatic rings. The maximum absolute atomic E-state index is 5.60. The Balaban J connectivity index is 0.000000213. The van der Waals surface area contributed by atoms with E-state index in [1.54, 1.807) is 0 Å². The van der Waals surface area contributed by atoms with E-state index in [-0.39, 0.29) is 19.5 Å². The molecule has 0 amide bonds. The Bertz CT molecular complexity index is 973. The van der Waals surface area contributed by atoms with Crippen LogP contribution in [0, 0.1) is 0 Å². The van der Waals surface area contributed by atoms with Crippen LogP contribution in [0.2, 0.25) is 0 Å². The van der Waals surface area contributed by atoms with Gasteiger partial charge in [0, 0.05) is 0 Å². The molecule has 7 heteroatoms. The van der Waals surface area contributed by atoms with Crippen LogP contribution in [0.3, 0.4) is 0 Å². The summed E-state index contributed by atoms with van der Waals surface area (Å²) < 4.78 is 0. The normalized spacial score (nSPS) is 10.9. The van der Waals surface area contributed by atoms with E-state index in [1.807, 2.05) is 121 Å². The maximum Gasteiger partial charge on any atom is 2.00 e. The molecular formula is C24H20P2S4Zn. The van der Waals surface area contributed by atoms with Gasteiger partial charge in [0.05, 0.1) is 0 Å². The second-order valence-corrected chi connectivity index (χ2v) is 18.7. The van der Waals surface area contributed by atoms with Crippen molar-refractivity contribution in [2.24, 2.45) is 0 Å². The third-order valence-corrected chi connectivity index (χ3v) is 13.4. The quantitative estimate of drug-likeness (QED) is 0.191. The fraction of sp³-hybridized carbons (Fsp3) is 0. The third kappa shape index (κ3) is 7.24. The Morgan fingerprint density at radius 2 is 0.548 bits per heavy atom. The van der Waals surface area contributed by atoms with Crippen molar-refractivity contribution in [3.05, 3.63) is 121 Å². The Morgan fingerprint density at radius 1 is 0.387 bits per heavy atom. The van der Waals surface area contributed by atoms with Crippen LogP contribution in [0.5, 0.6) is 0 Å². The topological polar surface area (TPSA) is 0 Å². The Labute approximate surface area is 219 Å². The van der Waals surface area contributed by atoms with Gasteiger partial charge in [0.1, 0.15) is 0 Å². The fourth-order valence-corrected chi connectivity index (χ4v) is 8.57. The zero-order valence-electron chi connectivity index (χ0n) is 16.8. The van der Waals surface area contributed by atoms with Crippen molar-refractivity contribution >= 4 is 79.8 Å². The van der Waals surface area contributed by atoms with E-state index in [4.69, 9.17) is 48.1 Å². The van der Waals surface area contributed by atoms with Crippen molar-refractivity contribution in [2.75, 3.05) is 0 Å². The molecule has 31 heavy (non-hydrogen) atoms. The molecule has 0 unspecified atom stereocenters. The molecule has 0 N–H and O–H groups in total. The molecule has 0 atom stereocenters. The summed E-state index contributed by atoms with van der Waals surface area (Å²) in [7, 11) is 0. The van der Waals surface area contributed by atoms with Crippen LogP contribution in [0.25, 0.3) is 0 Å². The average molecular weight is 564 g/mol. The van der Waals surface area contributed by atoms with E-state index in [0.717, 1.165) is 21.2 Å². The standard InChI is InChI=1S/2C12H11PS2.Zn/c2*14-13(15,11-7-3-1-4-8-11)12-9-5-2-6-10-12;/h2*1-10H,(H,14,15);/q;;+2/p-2. The van der Waals surface area contributed by atoms with Gasteiger partial charge in [0.25, 0.3) is 0 Å². The molecule has 0 bridgehead atoms. The first-order valence-corrected chi connectivity index (χ1v) is 16.9. The van der Waals surface area contributed by atoms with Crippen LogP contribution in [-0.4, -0.2) is 0 Å². The molecule has 0 aliphatic heterocycles. The first kappa shape index (κ1) is 26.8. The molecule has 0 saturated heterocycles. The summed E-state index contributed by atoms with van der Waals surface area (Å²) in [5, 5.41) is 0.432. The predicted molar refractivity (Wildman–Crippen MR) is 148 cm³/mol. The minimum atomic E-state index is -1.98. The molecule has 0 aliphatic carbocycles. The van der Waals surface area contributed by atoms with Crippen molar-refractivity contribution in [1.29, 1.82) is 0 Å². The van der Waals surface area contributed by atoms with E-state index in [2.05, 4.69) is 0 Å². The van der Waals surface area contributed by atoms with Crippen LogP contribution < -0.4 is 21.2 Å². The SMILES string of the molecule is S=P([S-])(c1ccccc1)c1ccccc1.S=P([S-])(c1ccccc1)c1ccccc1.[Zn+2]. The van der Waals surface area contributed by atoms with Gasteiger partial charge < -0.3 is 24.5 Å². The smallest absolute Gasteiger partial charge is 0.738 e. The van der Waals surface area contributed by atoms with Crippen molar-refractivity contribution in [3.63, 3.8) is 0 Å². The average Bonchev–Trinajstić information content (AvgIpc) is 2.82. The van der Waals surface area contributed by atoms with Crippen LogP contribution in [0.4, 0.5) is 0 Å². The molecule has 0 radical (unpaired) electrons. The number of hydrogen-bond donors (Lipinski definition) is 0. The summed E-state index contributed by atoms with van der Waals surface area (Å²) in [6, 6.07) is 40.1. The number of benzene rings is 4. The molecule has 4 aromatic carbocycles. The zero-order chi connectivity index (χ0) is 21.5. The molecule has 0 saturated carbocycles. The summed E-state index contributed by atoms with van der Waals surface area (Å²) in [5.74, 6) is 0. The number of hydrogen-bond acceptors (Lipinski definition) is 4. The molecule has 4 rings (SSSR count). The van der Waals surface area contributed by atoms with E-state index >= 15 is 0 Å². The second kappa shape index (κ2) is 12.7. The van der Waals surface area contributed by atoms with Crippen LogP contribution in [0.15, 0.2) is 121 Å². The van der Waals surface area contributed by atoms with Crippen molar-refractivity contribution in [3.8, 4) is 0 Å². The fourth-order valence-electron chi connectivity index (χ4n) is 2.80. The maximum atomic E-state index is 5.60. The zero-order valence-corrected chi connectivity index (χ0v) is 24.8. The molecule has 0 heterocycles. The molecule has 0 spiro atoms. The predicted octanol–water partition coefficient (Wildman–Crippen LogP) is 5.16. The van der Waals surface area contributed by atoms with Gasteiger partial charge in [-0.05, 0) is 21.2 Å². The minimum absolute atomic E-state index is 0. The summed E-state index contributed by atoms with van der Waals surface area (Å²) in [6.07, 6.45) is 0. The van der Waals surface area contributed by atoms with Gasteiger partial charge in [-0.25, -0.2) is 0 Å². The largest absolute Gasteiger partial charge is 2.00 e. The summed E-state index contributed by atoms with van der Waals surface area (Å²) in [4.78, 5) is 0. The monoisotopic (exact) mass is 562 g/mol. The van der Waals surface area contributed by atoms with Crippen LogP contribution in [-0.2, 0) is 67.6 Å². The molecule has 0 nitrogen and oxygen atoms in total.